The molecule has 0 amide bonds. The zero-order valence-electron chi connectivity index (χ0n) is 9.66. The van der Waals surface area contributed by atoms with Crippen LogP contribution in [0.15, 0.2) is 18.2 Å². The molecule has 0 aliphatic rings. The molecule has 0 saturated carbocycles. The molecule has 16 heavy (non-hydrogen) atoms. The first-order valence-corrected chi connectivity index (χ1v) is 5.51. The Hall–Kier alpha value is -1.16. The van der Waals surface area contributed by atoms with Crippen molar-refractivity contribution in [2.75, 3.05) is 7.11 Å². The summed E-state index contributed by atoms with van der Waals surface area (Å²) in [7, 11) is 1.56. The van der Waals surface area contributed by atoms with Gasteiger partial charge < -0.3 is 10.5 Å². The molecule has 2 nitrogen and oxygen atoms in total. The van der Waals surface area contributed by atoms with Crippen molar-refractivity contribution in [2.24, 2.45) is 11.7 Å². The minimum absolute atomic E-state index is 0.00528. The summed E-state index contributed by atoms with van der Waals surface area (Å²) in [5.74, 6) is 0.420. The molecule has 88 valence electrons. The minimum Gasteiger partial charge on any atom is -0.496 e. The molecule has 2 unspecified atom stereocenters. The van der Waals surface area contributed by atoms with Gasteiger partial charge >= 0.3 is 0 Å². The maximum absolute atomic E-state index is 13.2. The molecule has 0 saturated heterocycles. The number of nitrogens with two attached hydrogens (primary N) is 1. The minimum atomic E-state index is -0.280. The lowest BCUT2D eigenvalue weighted by Crippen LogP contribution is -2.23. The predicted molar refractivity (Wildman–Crippen MR) is 67.3 cm³/mol. The van der Waals surface area contributed by atoms with Gasteiger partial charge in [-0.1, -0.05) is 26.1 Å². The van der Waals surface area contributed by atoms with Crippen LogP contribution in [0.5, 0.6) is 5.75 Å². The molecule has 0 fully saturated rings. The topological polar surface area (TPSA) is 35.2 Å². The van der Waals surface area contributed by atoms with E-state index in [4.69, 9.17) is 22.7 Å². The van der Waals surface area contributed by atoms with Gasteiger partial charge in [0.05, 0.1) is 12.1 Å². The van der Waals surface area contributed by atoms with Gasteiger partial charge in [-0.25, -0.2) is 4.39 Å². The van der Waals surface area contributed by atoms with Gasteiger partial charge in [-0.15, -0.1) is 0 Å². The van der Waals surface area contributed by atoms with Crippen LogP contribution in [0.25, 0.3) is 0 Å². The van der Waals surface area contributed by atoms with E-state index in [0.29, 0.717) is 10.7 Å². The van der Waals surface area contributed by atoms with E-state index < -0.39 is 0 Å². The summed E-state index contributed by atoms with van der Waals surface area (Å²) >= 11 is 4.95. The Labute approximate surface area is 101 Å². The number of ether oxygens (including phenoxy) is 1. The molecule has 2 atom stereocenters. The number of hydrogen-bond donors (Lipinski definition) is 1. The lowest BCUT2D eigenvalue weighted by atomic mass is 9.88. The molecular weight excluding hydrogens is 225 g/mol. The van der Waals surface area contributed by atoms with Crippen molar-refractivity contribution in [3.8, 4) is 5.75 Å². The smallest absolute Gasteiger partial charge is 0.123 e. The Balaban J connectivity index is 3.10. The van der Waals surface area contributed by atoms with Crippen LogP contribution in [0, 0.1) is 11.7 Å². The van der Waals surface area contributed by atoms with Crippen molar-refractivity contribution >= 4 is 17.2 Å². The highest BCUT2D eigenvalue weighted by molar-refractivity contribution is 7.80. The van der Waals surface area contributed by atoms with Crippen molar-refractivity contribution < 1.29 is 9.13 Å². The monoisotopic (exact) mass is 241 g/mol. The highest BCUT2D eigenvalue weighted by atomic mass is 32.1. The van der Waals surface area contributed by atoms with Crippen molar-refractivity contribution in [3.05, 3.63) is 29.6 Å². The van der Waals surface area contributed by atoms with Gasteiger partial charge in [-0.05, 0) is 24.1 Å². The van der Waals surface area contributed by atoms with Crippen molar-refractivity contribution in [2.45, 2.75) is 19.8 Å². The first kappa shape index (κ1) is 12.9. The highest BCUT2D eigenvalue weighted by Gasteiger charge is 2.20. The Morgan fingerprint density at radius 1 is 1.44 bits per heavy atom. The molecule has 1 aromatic rings. The fourth-order valence-electron chi connectivity index (χ4n) is 1.58. The zero-order valence-corrected chi connectivity index (χ0v) is 10.5. The van der Waals surface area contributed by atoms with Crippen LogP contribution < -0.4 is 10.5 Å². The molecule has 1 aromatic carbocycles. The highest BCUT2D eigenvalue weighted by Crippen LogP contribution is 2.32. The standard InChI is InChI=1S/C12H16FNOS/c1-7(8(2)12(14)16)10-6-9(13)4-5-11(10)15-3/h4-8H,1-3H3,(H2,14,16). The van der Waals surface area contributed by atoms with E-state index in [2.05, 4.69) is 0 Å². The second-order valence-corrected chi connectivity index (χ2v) is 4.34. The van der Waals surface area contributed by atoms with Crippen LogP contribution in [0.4, 0.5) is 4.39 Å². The quantitative estimate of drug-likeness (QED) is 0.823. The van der Waals surface area contributed by atoms with E-state index in [1.54, 1.807) is 13.2 Å². The van der Waals surface area contributed by atoms with Crippen LogP contribution in [0.1, 0.15) is 25.3 Å². The fraction of sp³-hybridized carbons (Fsp3) is 0.417. The normalized spacial score (nSPS) is 14.2. The van der Waals surface area contributed by atoms with Gasteiger partial charge in [0.1, 0.15) is 11.6 Å². The molecule has 0 aliphatic heterocycles. The van der Waals surface area contributed by atoms with E-state index in [-0.39, 0.29) is 17.7 Å². The Morgan fingerprint density at radius 3 is 2.56 bits per heavy atom. The lowest BCUT2D eigenvalue weighted by Gasteiger charge is -2.21. The summed E-state index contributed by atoms with van der Waals surface area (Å²) in [6, 6.07) is 4.46. The van der Waals surface area contributed by atoms with Crippen LogP contribution >= 0.6 is 12.2 Å². The predicted octanol–water partition coefficient (Wildman–Crippen LogP) is 2.86. The van der Waals surface area contributed by atoms with E-state index in [0.717, 1.165) is 5.56 Å². The van der Waals surface area contributed by atoms with Gasteiger partial charge in [0.2, 0.25) is 0 Å². The Bertz CT molecular complexity index is 395. The van der Waals surface area contributed by atoms with Crippen molar-refractivity contribution in [3.63, 3.8) is 0 Å². The van der Waals surface area contributed by atoms with Gasteiger partial charge in [0.15, 0.2) is 0 Å². The van der Waals surface area contributed by atoms with Crippen LogP contribution in [-0.2, 0) is 0 Å². The first-order valence-electron chi connectivity index (χ1n) is 5.10. The molecule has 2 N–H and O–H groups in total. The Morgan fingerprint density at radius 2 is 2.06 bits per heavy atom. The molecule has 0 aromatic heterocycles. The second-order valence-electron chi connectivity index (χ2n) is 3.87. The van der Waals surface area contributed by atoms with Gasteiger partial charge in [0, 0.05) is 11.5 Å². The molecular formula is C12H16FNOS. The lowest BCUT2D eigenvalue weighted by molar-refractivity contribution is 0.401. The number of methoxy groups -OCH3 is 1. The third kappa shape index (κ3) is 2.70. The summed E-state index contributed by atoms with van der Waals surface area (Å²) in [5.41, 5.74) is 6.39. The maximum atomic E-state index is 13.2. The number of halogens is 1. The molecule has 0 aliphatic carbocycles. The fourth-order valence-corrected chi connectivity index (χ4v) is 1.78. The van der Waals surface area contributed by atoms with E-state index in [9.17, 15) is 4.39 Å². The molecule has 0 bridgehead atoms. The number of benzene rings is 1. The largest absolute Gasteiger partial charge is 0.496 e. The average Bonchev–Trinajstić information content (AvgIpc) is 2.26. The van der Waals surface area contributed by atoms with E-state index in [1.807, 2.05) is 13.8 Å². The maximum Gasteiger partial charge on any atom is 0.123 e. The molecule has 0 radical (unpaired) electrons. The van der Waals surface area contributed by atoms with Gasteiger partial charge in [-0.2, -0.15) is 0 Å². The average molecular weight is 241 g/mol. The number of thiocarbonyl (C=S) groups is 1. The van der Waals surface area contributed by atoms with Crippen molar-refractivity contribution in [1.29, 1.82) is 0 Å². The van der Waals surface area contributed by atoms with Crippen LogP contribution in [-0.4, -0.2) is 12.1 Å². The molecule has 0 spiro atoms. The summed E-state index contributed by atoms with van der Waals surface area (Å²) in [5, 5.41) is 0. The van der Waals surface area contributed by atoms with Gasteiger partial charge in [0.25, 0.3) is 0 Å². The van der Waals surface area contributed by atoms with E-state index >= 15 is 0 Å². The summed E-state index contributed by atoms with van der Waals surface area (Å²) < 4.78 is 18.4. The number of rotatable bonds is 4. The molecule has 1 rings (SSSR count). The summed E-state index contributed by atoms with van der Waals surface area (Å²) in [6.45, 7) is 3.89. The zero-order chi connectivity index (χ0) is 12.3. The Kier molecular flexibility index (Phi) is 4.24. The van der Waals surface area contributed by atoms with E-state index in [1.165, 1.54) is 12.1 Å². The second kappa shape index (κ2) is 5.25. The summed E-state index contributed by atoms with van der Waals surface area (Å²) in [4.78, 5) is 0.429. The molecule has 4 heteroatoms. The SMILES string of the molecule is COc1ccc(F)cc1C(C)C(C)C(N)=S. The number of hydrogen-bond acceptors (Lipinski definition) is 2. The summed E-state index contributed by atoms with van der Waals surface area (Å²) in [6.07, 6.45) is 0. The third-order valence-electron chi connectivity index (χ3n) is 2.88. The van der Waals surface area contributed by atoms with Crippen molar-refractivity contribution in [1.82, 2.24) is 0 Å². The van der Waals surface area contributed by atoms with Crippen LogP contribution in [0.2, 0.25) is 0 Å². The molecule has 0 heterocycles. The first-order chi connectivity index (χ1) is 7.47. The van der Waals surface area contributed by atoms with Gasteiger partial charge in [-0.3, -0.25) is 0 Å². The van der Waals surface area contributed by atoms with Crippen LogP contribution in [0.3, 0.4) is 0 Å². The third-order valence-corrected chi connectivity index (χ3v) is 3.25.